The van der Waals surface area contributed by atoms with Crippen LogP contribution in [0.4, 0.5) is 0 Å². The highest BCUT2D eigenvalue weighted by atomic mass is 16.4. The van der Waals surface area contributed by atoms with Gasteiger partial charge in [0.05, 0.1) is 5.69 Å². The lowest BCUT2D eigenvalue weighted by molar-refractivity contribution is 0.478. The minimum absolute atomic E-state index is 0.786. The number of rotatable bonds is 2. The van der Waals surface area contributed by atoms with Gasteiger partial charge in [-0.05, 0) is 6.42 Å². The monoisotopic (exact) mass is 139 g/mol. The maximum Gasteiger partial charge on any atom is 0.191 e. The molecule has 0 saturated carbocycles. The summed E-state index contributed by atoms with van der Waals surface area (Å²) < 4.78 is 5.34. The first-order chi connectivity index (χ1) is 4.77. The third-order valence-electron chi connectivity index (χ3n) is 1.54. The number of hydrogen-bond donors (Lipinski definition) is 0. The Kier molecular flexibility index (Phi) is 2.10. The van der Waals surface area contributed by atoms with Crippen LogP contribution in [0.5, 0.6) is 0 Å². The second-order valence-corrected chi connectivity index (χ2v) is 2.31. The zero-order valence-corrected chi connectivity index (χ0v) is 6.77. The van der Waals surface area contributed by atoms with Crippen LogP contribution >= 0.6 is 0 Å². The van der Waals surface area contributed by atoms with Crippen LogP contribution in [0, 0.1) is 6.92 Å². The molecule has 0 spiro atoms. The van der Waals surface area contributed by atoms with Gasteiger partial charge in [-0.15, -0.1) is 0 Å². The van der Waals surface area contributed by atoms with Gasteiger partial charge in [0.2, 0.25) is 0 Å². The van der Waals surface area contributed by atoms with E-state index >= 15 is 0 Å². The van der Waals surface area contributed by atoms with Gasteiger partial charge in [-0.1, -0.05) is 13.8 Å². The molecule has 0 atom stereocenters. The predicted octanol–water partition coefficient (Wildman–Crippen LogP) is 2.11. The second kappa shape index (κ2) is 2.86. The molecule has 1 rings (SSSR count). The van der Waals surface area contributed by atoms with Crippen molar-refractivity contribution >= 4 is 0 Å². The Labute approximate surface area is 61.3 Å². The molecule has 0 radical (unpaired) electrons. The molecule has 56 valence electrons. The molecule has 2 heteroatoms. The highest BCUT2D eigenvalue weighted by molar-refractivity contribution is 5.08. The molecule has 0 aliphatic heterocycles. The molecule has 0 aliphatic carbocycles. The minimum Gasteiger partial charge on any atom is -0.446 e. The quantitative estimate of drug-likeness (QED) is 0.627. The van der Waals surface area contributed by atoms with E-state index in [2.05, 4.69) is 18.8 Å². The van der Waals surface area contributed by atoms with Crippen LogP contribution in [-0.2, 0) is 12.8 Å². The molecule has 0 fully saturated rings. The molecule has 10 heavy (non-hydrogen) atoms. The fraction of sp³-hybridized carbons (Fsp3) is 0.625. The molecule has 0 saturated heterocycles. The van der Waals surface area contributed by atoms with Crippen molar-refractivity contribution < 1.29 is 4.42 Å². The van der Waals surface area contributed by atoms with Crippen LogP contribution in [0.1, 0.15) is 31.2 Å². The number of nitrogens with zero attached hydrogens (tertiary/aromatic N) is 1. The zero-order valence-electron chi connectivity index (χ0n) is 6.77. The van der Waals surface area contributed by atoms with Crippen molar-refractivity contribution in [2.45, 2.75) is 33.6 Å². The van der Waals surface area contributed by atoms with E-state index in [1.165, 1.54) is 0 Å². The standard InChI is InChI=1S/C8H13NO/c1-4-7-8(5-2)10-6(3)9-7/h4-5H2,1-3H3. The molecule has 2 nitrogen and oxygen atoms in total. The van der Waals surface area contributed by atoms with Gasteiger partial charge in [0.25, 0.3) is 0 Å². The van der Waals surface area contributed by atoms with E-state index < -0.39 is 0 Å². The SMILES string of the molecule is CCc1nc(C)oc1CC. The highest BCUT2D eigenvalue weighted by Crippen LogP contribution is 2.10. The van der Waals surface area contributed by atoms with Crippen LogP contribution in [0.2, 0.25) is 0 Å². The normalized spacial score (nSPS) is 10.3. The van der Waals surface area contributed by atoms with Gasteiger partial charge >= 0.3 is 0 Å². The highest BCUT2D eigenvalue weighted by Gasteiger charge is 2.05. The lowest BCUT2D eigenvalue weighted by Crippen LogP contribution is -1.85. The van der Waals surface area contributed by atoms with Gasteiger partial charge in [0.15, 0.2) is 5.89 Å². The van der Waals surface area contributed by atoms with Gasteiger partial charge in [-0.3, -0.25) is 0 Å². The smallest absolute Gasteiger partial charge is 0.191 e. The molecule has 0 unspecified atom stereocenters. The summed E-state index contributed by atoms with van der Waals surface area (Å²) in [7, 11) is 0. The third-order valence-corrected chi connectivity index (χ3v) is 1.54. The molecule has 1 aromatic heterocycles. The molecular weight excluding hydrogens is 126 g/mol. The molecule has 0 bridgehead atoms. The minimum atomic E-state index is 0.786. The third kappa shape index (κ3) is 1.20. The topological polar surface area (TPSA) is 26.0 Å². The van der Waals surface area contributed by atoms with Crippen molar-refractivity contribution in [1.29, 1.82) is 0 Å². The molecule has 1 heterocycles. The van der Waals surface area contributed by atoms with Gasteiger partial charge in [0.1, 0.15) is 5.76 Å². The summed E-state index contributed by atoms with van der Waals surface area (Å²) in [5, 5.41) is 0. The Hall–Kier alpha value is -0.790. The first-order valence-electron chi connectivity index (χ1n) is 3.73. The summed E-state index contributed by atoms with van der Waals surface area (Å²) in [6.07, 6.45) is 1.92. The molecule has 0 aromatic carbocycles. The van der Waals surface area contributed by atoms with Crippen molar-refractivity contribution in [3.05, 3.63) is 17.3 Å². The number of hydrogen-bond acceptors (Lipinski definition) is 2. The summed E-state index contributed by atoms with van der Waals surface area (Å²) in [5.41, 5.74) is 1.11. The summed E-state index contributed by atoms with van der Waals surface area (Å²) in [6.45, 7) is 6.06. The van der Waals surface area contributed by atoms with Crippen molar-refractivity contribution in [2.75, 3.05) is 0 Å². The van der Waals surface area contributed by atoms with E-state index in [9.17, 15) is 0 Å². The van der Waals surface area contributed by atoms with Crippen molar-refractivity contribution in [3.63, 3.8) is 0 Å². The van der Waals surface area contributed by atoms with Gasteiger partial charge in [0, 0.05) is 13.3 Å². The Balaban J connectivity index is 2.96. The number of oxazole rings is 1. The van der Waals surface area contributed by atoms with Crippen molar-refractivity contribution in [3.8, 4) is 0 Å². The molecular formula is C8H13NO. The van der Waals surface area contributed by atoms with E-state index in [4.69, 9.17) is 4.42 Å². The molecule has 0 aliphatic rings. The lowest BCUT2D eigenvalue weighted by Gasteiger charge is -1.89. The van der Waals surface area contributed by atoms with Crippen molar-refractivity contribution in [1.82, 2.24) is 4.98 Å². The Bertz CT molecular complexity index is 194. The Morgan fingerprint density at radius 3 is 2.40 bits per heavy atom. The maximum atomic E-state index is 5.34. The molecule has 0 N–H and O–H groups in total. The average Bonchev–Trinajstić information content (AvgIpc) is 2.30. The summed E-state index contributed by atoms with van der Waals surface area (Å²) >= 11 is 0. The Morgan fingerprint density at radius 1 is 1.30 bits per heavy atom. The maximum absolute atomic E-state index is 5.34. The van der Waals surface area contributed by atoms with Crippen LogP contribution in [0.3, 0.4) is 0 Å². The van der Waals surface area contributed by atoms with Gasteiger partial charge in [-0.25, -0.2) is 4.98 Å². The van der Waals surface area contributed by atoms with E-state index in [0.29, 0.717) is 0 Å². The fourth-order valence-electron chi connectivity index (χ4n) is 1.06. The summed E-state index contributed by atoms with van der Waals surface area (Å²) in [6, 6.07) is 0. The van der Waals surface area contributed by atoms with Gasteiger partial charge < -0.3 is 4.42 Å². The molecule has 1 aromatic rings. The number of aryl methyl sites for hydroxylation is 3. The van der Waals surface area contributed by atoms with E-state index in [0.717, 1.165) is 30.2 Å². The summed E-state index contributed by atoms with van der Waals surface area (Å²) in [4.78, 5) is 4.23. The average molecular weight is 139 g/mol. The number of aromatic nitrogens is 1. The first-order valence-corrected chi connectivity index (χ1v) is 3.73. The fourth-order valence-corrected chi connectivity index (χ4v) is 1.06. The first kappa shape index (κ1) is 7.32. The van der Waals surface area contributed by atoms with Gasteiger partial charge in [-0.2, -0.15) is 0 Å². The van der Waals surface area contributed by atoms with Crippen LogP contribution in [0.25, 0.3) is 0 Å². The van der Waals surface area contributed by atoms with E-state index in [-0.39, 0.29) is 0 Å². The Morgan fingerprint density at radius 2 is 2.00 bits per heavy atom. The van der Waals surface area contributed by atoms with Crippen LogP contribution in [-0.4, -0.2) is 4.98 Å². The molecule has 0 amide bonds. The predicted molar refractivity (Wildman–Crippen MR) is 40.0 cm³/mol. The lowest BCUT2D eigenvalue weighted by atomic mass is 10.2. The largest absolute Gasteiger partial charge is 0.446 e. The summed E-state index contributed by atoms with van der Waals surface area (Å²) in [5.74, 6) is 1.83. The van der Waals surface area contributed by atoms with E-state index in [1.54, 1.807) is 0 Å². The van der Waals surface area contributed by atoms with Crippen molar-refractivity contribution in [2.24, 2.45) is 0 Å². The van der Waals surface area contributed by atoms with Crippen LogP contribution < -0.4 is 0 Å². The second-order valence-electron chi connectivity index (χ2n) is 2.31. The zero-order chi connectivity index (χ0) is 7.56. The van der Waals surface area contributed by atoms with E-state index in [1.807, 2.05) is 6.92 Å². The van der Waals surface area contributed by atoms with Crippen LogP contribution in [0.15, 0.2) is 4.42 Å².